The summed E-state index contributed by atoms with van der Waals surface area (Å²) in [6, 6.07) is 6.94. The van der Waals surface area contributed by atoms with Gasteiger partial charge < -0.3 is 10.1 Å². The molecule has 0 amide bonds. The van der Waals surface area contributed by atoms with Crippen molar-refractivity contribution in [2.45, 2.75) is 52.0 Å². The summed E-state index contributed by atoms with van der Waals surface area (Å²) in [5.41, 5.74) is 4.14. The van der Waals surface area contributed by atoms with Crippen LogP contribution in [-0.4, -0.2) is 13.7 Å². The predicted molar refractivity (Wildman–Crippen MR) is 85.3 cm³/mol. The first kappa shape index (κ1) is 15.1. The number of methoxy groups -OCH3 is 1. The molecule has 1 N–H and O–H groups in total. The molecule has 1 aromatic rings. The van der Waals surface area contributed by atoms with Crippen molar-refractivity contribution in [3.05, 3.63) is 41.0 Å². The molecule has 20 heavy (non-hydrogen) atoms. The smallest absolute Gasteiger partial charge is 0.121 e. The number of aryl methyl sites for hydroxylation is 1. The summed E-state index contributed by atoms with van der Waals surface area (Å²) >= 11 is 0. The van der Waals surface area contributed by atoms with E-state index in [9.17, 15) is 0 Å². The van der Waals surface area contributed by atoms with Crippen LogP contribution in [0, 0.1) is 6.92 Å². The molecule has 0 bridgehead atoms. The molecule has 110 valence electrons. The second-order valence-corrected chi connectivity index (χ2v) is 5.64. The van der Waals surface area contributed by atoms with Crippen LogP contribution in [0.1, 0.15) is 56.2 Å². The molecular formula is C18H27NO. The van der Waals surface area contributed by atoms with Gasteiger partial charge in [-0.3, -0.25) is 0 Å². The Morgan fingerprint density at radius 2 is 2.15 bits per heavy atom. The molecule has 0 aromatic heterocycles. The summed E-state index contributed by atoms with van der Waals surface area (Å²) in [5.74, 6) is 0.973. The third-order valence-corrected chi connectivity index (χ3v) is 4.05. The third kappa shape index (κ3) is 3.63. The van der Waals surface area contributed by atoms with E-state index in [0.717, 1.165) is 12.3 Å². The molecule has 0 radical (unpaired) electrons. The van der Waals surface area contributed by atoms with Crippen LogP contribution in [0.25, 0.3) is 0 Å². The Kier molecular flexibility index (Phi) is 5.66. The fraction of sp³-hybridized carbons (Fsp3) is 0.556. The molecule has 0 saturated heterocycles. The Balaban J connectivity index is 2.25. The van der Waals surface area contributed by atoms with Crippen molar-refractivity contribution in [3.8, 4) is 5.75 Å². The van der Waals surface area contributed by atoms with Crippen LogP contribution in [0.15, 0.2) is 29.8 Å². The number of ether oxygens (including phenoxy) is 1. The first-order valence-electron chi connectivity index (χ1n) is 7.83. The summed E-state index contributed by atoms with van der Waals surface area (Å²) < 4.78 is 5.37. The molecular weight excluding hydrogens is 246 g/mol. The zero-order chi connectivity index (χ0) is 14.4. The Labute approximate surface area is 123 Å². The normalized spacial score (nSPS) is 16.6. The second-order valence-electron chi connectivity index (χ2n) is 5.64. The van der Waals surface area contributed by atoms with E-state index in [-0.39, 0.29) is 0 Å². The van der Waals surface area contributed by atoms with E-state index in [0.29, 0.717) is 6.04 Å². The lowest BCUT2D eigenvalue weighted by molar-refractivity contribution is 0.411. The molecule has 0 heterocycles. The van der Waals surface area contributed by atoms with Gasteiger partial charge in [-0.15, -0.1) is 0 Å². The molecule has 0 saturated carbocycles. The molecule has 1 aliphatic carbocycles. The molecule has 2 nitrogen and oxygen atoms in total. The van der Waals surface area contributed by atoms with Gasteiger partial charge in [-0.1, -0.05) is 30.7 Å². The van der Waals surface area contributed by atoms with Crippen LogP contribution in [0.3, 0.4) is 0 Å². The van der Waals surface area contributed by atoms with Crippen molar-refractivity contribution >= 4 is 0 Å². The van der Waals surface area contributed by atoms with Gasteiger partial charge in [0, 0.05) is 0 Å². The van der Waals surface area contributed by atoms with Gasteiger partial charge >= 0.3 is 0 Å². The summed E-state index contributed by atoms with van der Waals surface area (Å²) in [7, 11) is 1.73. The van der Waals surface area contributed by atoms with Gasteiger partial charge in [0.25, 0.3) is 0 Å². The average Bonchev–Trinajstić information content (AvgIpc) is 2.49. The van der Waals surface area contributed by atoms with E-state index in [1.54, 1.807) is 12.7 Å². The van der Waals surface area contributed by atoms with E-state index in [4.69, 9.17) is 4.74 Å². The fourth-order valence-electron chi connectivity index (χ4n) is 2.96. The highest BCUT2D eigenvalue weighted by Gasteiger charge is 2.18. The highest BCUT2D eigenvalue weighted by molar-refractivity contribution is 5.40. The van der Waals surface area contributed by atoms with Crippen LogP contribution < -0.4 is 10.1 Å². The molecule has 1 aromatic carbocycles. The van der Waals surface area contributed by atoms with Gasteiger partial charge in [-0.2, -0.15) is 0 Å². The summed E-state index contributed by atoms with van der Waals surface area (Å²) in [6.45, 7) is 5.40. The SMILES string of the molecule is CCCNC(C1=CCCCC1)c1ccc(OC)c(C)c1. The van der Waals surface area contributed by atoms with Crippen LogP contribution >= 0.6 is 0 Å². The van der Waals surface area contributed by atoms with E-state index in [1.807, 2.05) is 0 Å². The lowest BCUT2D eigenvalue weighted by Gasteiger charge is -2.25. The van der Waals surface area contributed by atoms with Crippen LogP contribution in [0.5, 0.6) is 5.75 Å². The van der Waals surface area contributed by atoms with Crippen molar-refractivity contribution in [1.82, 2.24) is 5.32 Å². The molecule has 0 aliphatic heterocycles. The molecule has 1 aliphatic rings. The number of rotatable bonds is 6. The Morgan fingerprint density at radius 3 is 2.75 bits per heavy atom. The summed E-state index contributed by atoms with van der Waals surface area (Å²) in [5, 5.41) is 3.71. The van der Waals surface area contributed by atoms with Crippen molar-refractivity contribution in [1.29, 1.82) is 0 Å². The zero-order valence-corrected chi connectivity index (χ0v) is 13.0. The van der Waals surface area contributed by atoms with Crippen LogP contribution in [-0.2, 0) is 0 Å². The third-order valence-electron chi connectivity index (χ3n) is 4.05. The largest absolute Gasteiger partial charge is 0.496 e. The average molecular weight is 273 g/mol. The van der Waals surface area contributed by atoms with E-state index in [1.165, 1.54) is 43.2 Å². The first-order valence-corrected chi connectivity index (χ1v) is 7.83. The zero-order valence-electron chi connectivity index (χ0n) is 13.0. The quantitative estimate of drug-likeness (QED) is 0.768. The highest BCUT2D eigenvalue weighted by atomic mass is 16.5. The summed E-state index contributed by atoms with van der Waals surface area (Å²) in [4.78, 5) is 0. The van der Waals surface area contributed by atoms with Gasteiger partial charge in [0.2, 0.25) is 0 Å². The van der Waals surface area contributed by atoms with Crippen LogP contribution in [0.2, 0.25) is 0 Å². The second kappa shape index (κ2) is 7.49. The lowest BCUT2D eigenvalue weighted by Crippen LogP contribution is -2.24. The maximum absolute atomic E-state index is 5.37. The maximum Gasteiger partial charge on any atom is 0.121 e. The highest BCUT2D eigenvalue weighted by Crippen LogP contribution is 2.32. The lowest BCUT2D eigenvalue weighted by atomic mass is 9.89. The molecule has 1 unspecified atom stereocenters. The fourth-order valence-corrected chi connectivity index (χ4v) is 2.96. The van der Waals surface area contributed by atoms with Crippen molar-refractivity contribution in [3.63, 3.8) is 0 Å². The number of hydrogen-bond donors (Lipinski definition) is 1. The predicted octanol–water partition coefficient (Wildman–Crippen LogP) is 4.54. The molecule has 0 fully saturated rings. The topological polar surface area (TPSA) is 21.3 Å². The van der Waals surface area contributed by atoms with Crippen molar-refractivity contribution in [2.75, 3.05) is 13.7 Å². The van der Waals surface area contributed by atoms with Crippen LogP contribution in [0.4, 0.5) is 0 Å². The number of hydrogen-bond acceptors (Lipinski definition) is 2. The van der Waals surface area contributed by atoms with Gasteiger partial charge in [0.15, 0.2) is 0 Å². The standard InChI is InChI=1S/C18H27NO/c1-4-12-19-18(15-8-6-5-7-9-15)16-10-11-17(20-3)14(2)13-16/h8,10-11,13,18-19H,4-7,9,12H2,1-3H3. The van der Waals surface area contributed by atoms with E-state index < -0.39 is 0 Å². The minimum atomic E-state index is 0.375. The Hall–Kier alpha value is -1.28. The minimum Gasteiger partial charge on any atom is -0.496 e. The molecule has 1 atom stereocenters. The molecule has 2 rings (SSSR count). The van der Waals surface area contributed by atoms with Gasteiger partial charge in [0.1, 0.15) is 5.75 Å². The first-order chi connectivity index (χ1) is 9.76. The number of allylic oxidation sites excluding steroid dienone is 1. The van der Waals surface area contributed by atoms with E-state index >= 15 is 0 Å². The van der Waals surface area contributed by atoms with Crippen molar-refractivity contribution in [2.24, 2.45) is 0 Å². The Bertz CT molecular complexity index is 464. The van der Waals surface area contributed by atoms with Gasteiger partial charge in [-0.25, -0.2) is 0 Å². The summed E-state index contributed by atoms with van der Waals surface area (Å²) in [6.07, 6.45) is 8.73. The monoisotopic (exact) mass is 273 g/mol. The molecule has 0 spiro atoms. The number of benzene rings is 1. The Morgan fingerprint density at radius 1 is 1.30 bits per heavy atom. The van der Waals surface area contributed by atoms with E-state index in [2.05, 4.69) is 43.4 Å². The van der Waals surface area contributed by atoms with Gasteiger partial charge in [-0.05, 0) is 62.8 Å². The minimum absolute atomic E-state index is 0.375. The van der Waals surface area contributed by atoms with Crippen molar-refractivity contribution < 1.29 is 4.74 Å². The van der Waals surface area contributed by atoms with Gasteiger partial charge in [0.05, 0.1) is 13.2 Å². The number of nitrogens with one attached hydrogen (secondary N) is 1. The maximum atomic E-state index is 5.37. The molecule has 2 heteroatoms.